The average molecular weight is 296 g/mol. The van der Waals surface area contributed by atoms with E-state index < -0.39 is 48.2 Å². The number of hydrogen-bond donors (Lipinski definition) is 6. The molecular formula is C10H16O10. The average Bonchev–Trinajstić information content (AvgIpc) is 2.54. The summed E-state index contributed by atoms with van der Waals surface area (Å²) in [5, 5.41) is 49.9. The van der Waals surface area contributed by atoms with Gasteiger partial charge in [0.2, 0.25) is 5.76 Å². The minimum atomic E-state index is -1.42. The molecule has 0 saturated heterocycles. The van der Waals surface area contributed by atoms with Crippen molar-refractivity contribution in [3.8, 4) is 0 Å². The van der Waals surface area contributed by atoms with E-state index in [1.54, 1.807) is 0 Å². The summed E-state index contributed by atoms with van der Waals surface area (Å²) in [4.78, 5) is 28.5. The maximum absolute atomic E-state index is 10.5. The summed E-state index contributed by atoms with van der Waals surface area (Å²) in [6.07, 6.45) is -2.78. The Balaban J connectivity index is 0. The molecule has 0 spiro atoms. The van der Waals surface area contributed by atoms with Crippen molar-refractivity contribution in [3.05, 3.63) is 11.5 Å². The highest BCUT2D eigenvalue weighted by atomic mass is 16.6. The zero-order valence-electron chi connectivity index (χ0n) is 10.7. The number of aliphatic hydroxyl groups excluding tert-OH is 4. The molecule has 116 valence electrons. The SMILES string of the molecule is CC(=O)O.CC(=O)O.O=C1O[C@H]([C@@H](O)CO)C(O)=C1O. The summed E-state index contributed by atoms with van der Waals surface area (Å²) in [6.45, 7) is 1.50. The van der Waals surface area contributed by atoms with Crippen molar-refractivity contribution in [3.63, 3.8) is 0 Å². The van der Waals surface area contributed by atoms with Gasteiger partial charge in [0.1, 0.15) is 6.10 Å². The van der Waals surface area contributed by atoms with Crippen LogP contribution in [0.2, 0.25) is 0 Å². The van der Waals surface area contributed by atoms with E-state index >= 15 is 0 Å². The van der Waals surface area contributed by atoms with Gasteiger partial charge in [-0.3, -0.25) is 9.59 Å². The van der Waals surface area contributed by atoms with Crippen LogP contribution in [0.25, 0.3) is 0 Å². The summed E-state index contributed by atoms with van der Waals surface area (Å²) in [6, 6.07) is 0. The van der Waals surface area contributed by atoms with Crippen molar-refractivity contribution in [2.45, 2.75) is 26.1 Å². The Morgan fingerprint density at radius 1 is 1.20 bits per heavy atom. The van der Waals surface area contributed by atoms with Crippen LogP contribution in [0, 0.1) is 0 Å². The molecule has 1 rings (SSSR count). The van der Waals surface area contributed by atoms with E-state index in [9.17, 15) is 4.79 Å². The van der Waals surface area contributed by atoms with Gasteiger partial charge in [-0.1, -0.05) is 0 Å². The summed E-state index contributed by atoms with van der Waals surface area (Å²) in [7, 11) is 0. The molecule has 2 atom stereocenters. The minimum absolute atomic E-state index is 0.671. The molecule has 20 heavy (non-hydrogen) atoms. The Kier molecular flexibility index (Phi) is 9.58. The second-order valence-corrected chi connectivity index (χ2v) is 3.35. The van der Waals surface area contributed by atoms with Crippen molar-refractivity contribution >= 4 is 17.9 Å². The Morgan fingerprint density at radius 3 is 1.75 bits per heavy atom. The van der Waals surface area contributed by atoms with Gasteiger partial charge in [-0.15, -0.1) is 0 Å². The van der Waals surface area contributed by atoms with E-state index in [4.69, 9.17) is 40.2 Å². The highest BCUT2D eigenvalue weighted by molar-refractivity contribution is 5.89. The number of esters is 1. The van der Waals surface area contributed by atoms with Crippen molar-refractivity contribution in [2.75, 3.05) is 6.61 Å². The molecule has 10 nitrogen and oxygen atoms in total. The zero-order chi connectivity index (χ0) is 16.5. The van der Waals surface area contributed by atoms with Crippen LogP contribution in [-0.2, 0) is 19.1 Å². The third-order valence-corrected chi connectivity index (χ3v) is 1.48. The fourth-order valence-electron chi connectivity index (χ4n) is 0.823. The fourth-order valence-corrected chi connectivity index (χ4v) is 0.823. The van der Waals surface area contributed by atoms with Crippen LogP contribution in [0.1, 0.15) is 13.8 Å². The summed E-state index contributed by atoms with van der Waals surface area (Å²) in [5.74, 6) is -4.45. The standard InChI is InChI=1S/C6H8O6.2C2H4O2/c7-1-2(8)5-3(9)4(10)6(11)12-5;2*1-2(3)4/h2,5,7-10H,1H2;2*1H3,(H,3,4)/t2-,5+;;/m0../s1. The third-order valence-electron chi connectivity index (χ3n) is 1.48. The van der Waals surface area contributed by atoms with Crippen molar-refractivity contribution < 1.29 is 49.8 Å². The second-order valence-electron chi connectivity index (χ2n) is 3.35. The van der Waals surface area contributed by atoms with Crippen molar-refractivity contribution in [1.29, 1.82) is 0 Å². The van der Waals surface area contributed by atoms with E-state index in [0.717, 1.165) is 13.8 Å². The first-order valence-electron chi connectivity index (χ1n) is 5.05. The second kappa shape index (κ2) is 9.58. The van der Waals surface area contributed by atoms with Gasteiger partial charge in [0, 0.05) is 13.8 Å². The molecule has 0 saturated carbocycles. The Labute approximate surface area is 113 Å². The van der Waals surface area contributed by atoms with E-state index in [-0.39, 0.29) is 0 Å². The lowest BCUT2D eigenvalue weighted by Crippen LogP contribution is -2.31. The van der Waals surface area contributed by atoms with Crippen LogP contribution in [0.5, 0.6) is 0 Å². The van der Waals surface area contributed by atoms with Crippen molar-refractivity contribution in [1.82, 2.24) is 0 Å². The monoisotopic (exact) mass is 296 g/mol. The van der Waals surface area contributed by atoms with Gasteiger partial charge in [0.05, 0.1) is 6.61 Å². The van der Waals surface area contributed by atoms with Crippen LogP contribution in [0.4, 0.5) is 0 Å². The first-order chi connectivity index (χ1) is 9.04. The number of carboxylic acids is 2. The maximum Gasteiger partial charge on any atom is 0.377 e. The summed E-state index contributed by atoms with van der Waals surface area (Å²) >= 11 is 0. The van der Waals surface area contributed by atoms with Crippen molar-refractivity contribution in [2.24, 2.45) is 0 Å². The molecule has 10 heteroatoms. The number of carbonyl (C=O) groups excluding carboxylic acids is 1. The molecule has 0 fully saturated rings. The molecule has 0 aromatic carbocycles. The number of carboxylic acid groups (broad SMARTS) is 2. The summed E-state index contributed by atoms with van der Waals surface area (Å²) < 4.78 is 4.32. The van der Waals surface area contributed by atoms with Crippen LogP contribution in [0.15, 0.2) is 11.5 Å². The number of aliphatic carboxylic acids is 2. The lowest BCUT2D eigenvalue weighted by atomic mass is 10.2. The number of rotatable bonds is 2. The van der Waals surface area contributed by atoms with E-state index in [1.165, 1.54) is 0 Å². The molecule has 1 heterocycles. The lowest BCUT2D eigenvalue weighted by Gasteiger charge is -2.13. The highest BCUT2D eigenvalue weighted by Gasteiger charge is 2.38. The number of ether oxygens (including phenoxy) is 1. The Hall–Kier alpha value is -2.33. The van der Waals surface area contributed by atoms with Gasteiger partial charge in [0.25, 0.3) is 11.9 Å². The summed E-state index contributed by atoms with van der Waals surface area (Å²) in [5.41, 5.74) is 0. The normalized spacial score (nSPS) is 18.0. The molecule has 0 aromatic heterocycles. The third kappa shape index (κ3) is 8.72. The molecule has 0 bridgehead atoms. The first kappa shape index (κ1) is 20.0. The van der Waals surface area contributed by atoms with Gasteiger partial charge in [0.15, 0.2) is 11.9 Å². The predicted octanol–water partition coefficient (Wildman–Crippen LogP) is -1.23. The Morgan fingerprint density at radius 2 is 1.55 bits per heavy atom. The first-order valence-corrected chi connectivity index (χ1v) is 5.05. The highest BCUT2D eigenvalue weighted by Crippen LogP contribution is 2.20. The van der Waals surface area contributed by atoms with Gasteiger partial charge in [-0.05, 0) is 0 Å². The Bertz CT molecular complexity index is 365. The van der Waals surface area contributed by atoms with Crippen LogP contribution in [0.3, 0.4) is 0 Å². The van der Waals surface area contributed by atoms with Gasteiger partial charge in [-0.25, -0.2) is 4.79 Å². The lowest BCUT2D eigenvalue weighted by molar-refractivity contribution is -0.147. The molecular weight excluding hydrogens is 280 g/mol. The number of carbonyl (C=O) groups is 3. The van der Waals surface area contributed by atoms with Crippen LogP contribution >= 0.6 is 0 Å². The number of aliphatic hydroxyl groups is 4. The smallest absolute Gasteiger partial charge is 0.377 e. The van der Waals surface area contributed by atoms with E-state index in [0.29, 0.717) is 0 Å². The largest absolute Gasteiger partial charge is 0.505 e. The minimum Gasteiger partial charge on any atom is -0.505 e. The van der Waals surface area contributed by atoms with Crippen LogP contribution in [-0.4, -0.2) is 67.4 Å². The number of cyclic esters (lactones) is 1. The molecule has 0 aromatic rings. The van der Waals surface area contributed by atoms with Gasteiger partial charge < -0.3 is 35.4 Å². The molecule has 0 amide bonds. The molecule has 0 radical (unpaired) electrons. The predicted molar refractivity (Wildman–Crippen MR) is 61.9 cm³/mol. The van der Waals surface area contributed by atoms with Crippen LogP contribution < -0.4 is 0 Å². The fraction of sp³-hybridized carbons (Fsp3) is 0.500. The topological polar surface area (TPSA) is 182 Å². The molecule has 6 N–H and O–H groups in total. The molecule has 0 unspecified atom stereocenters. The van der Waals surface area contributed by atoms with Gasteiger partial charge >= 0.3 is 5.97 Å². The molecule has 0 aliphatic carbocycles. The van der Waals surface area contributed by atoms with E-state index in [1.807, 2.05) is 0 Å². The zero-order valence-corrected chi connectivity index (χ0v) is 10.7. The van der Waals surface area contributed by atoms with E-state index in [2.05, 4.69) is 4.74 Å². The van der Waals surface area contributed by atoms with Gasteiger partial charge in [-0.2, -0.15) is 0 Å². The molecule has 1 aliphatic rings. The maximum atomic E-state index is 10.5. The quantitative estimate of drug-likeness (QED) is 0.337. The number of hydrogen-bond acceptors (Lipinski definition) is 8. The molecule has 1 aliphatic heterocycles.